The molecular weight excluding hydrogens is 198 g/mol. The Hall–Kier alpha value is -1.77. The monoisotopic (exact) mass is 213 g/mol. The molecule has 1 aromatic heterocycles. The molecule has 3 heteroatoms. The number of H-pyrrole nitrogens is 1. The zero-order chi connectivity index (χ0) is 11.0. The van der Waals surface area contributed by atoms with Crippen molar-refractivity contribution in [3.8, 4) is 0 Å². The summed E-state index contributed by atoms with van der Waals surface area (Å²) in [6, 6.07) is 12.6. The summed E-state index contributed by atoms with van der Waals surface area (Å²) in [4.78, 5) is 0. The second-order valence-electron chi connectivity index (χ2n) is 4.52. The van der Waals surface area contributed by atoms with Crippen LogP contribution in [0.25, 0.3) is 0 Å². The molecule has 1 aliphatic carbocycles. The van der Waals surface area contributed by atoms with Gasteiger partial charge in [0.15, 0.2) is 0 Å². The van der Waals surface area contributed by atoms with Gasteiger partial charge in [0, 0.05) is 12.0 Å². The van der Waals surface area contributed by atoms with E-state index in [-0.39, 0.29) is 0 Å². The maximum absolute atomic E-state index is 5.62. The lowest BCUT2D eigenvalue weighted by Crippen LogP contribution is -2.20. The van der Waals surface area contributed by atoms with Crippen molar-refractivity contribution in [1.82, 2.24) is 10.2 Å². The molecule has 1 fully saturated rings. The smallest absolute Gasteiger partial charge is 0.119 e. The van der Waals surface area contributed by atoms with Crippen LogP contribution >= 0.6 is 0 Å². The summed E-state index contributed by atoms with van der Waals surface area (Å²) in [7, 11) is 0. The van der Waals surface area contributed by atoms with E-state index < -0.39 is 0 Å². The third kappa shape index (κ3) is 1.58. The van der Waals surface area contributed by atoms with Crippen LogP contribution in [0, 0.1) is 0 Å². The highest BCUT2D eigenvalue weighted by atomic mass is 15.2. The van der Waals surface area contributed by atoms with E-state index in [1.807, 2.05) is 6.07 Å². The van der Waals surface area contributed by atoms with Gasteiger partial charge in [0.1, 0.15) is 5.82 Å². The minimum absolute atomic E-state index is 0.582. The number of rotatable bonds is 2. The first-order valence-corrected chi connectivity index (χ1v) is 5.68. The molecule has 3 N–H and O–H groups in total. The highest BCUT2D eigenvalue weighted by Crippen LogP contribution is 2.46. The fourth-order valence-electron chi connectivity index (χ4n) is 2.42. The van der Waals surface area contributed by atoms with Crippen LogP contribution in [0.3, 0.4) is 0 Å². The molecule has 1 heterocycles. The van der Waals surface area contributed by atoms with Crippen molar-refractivity contribution in [2.45, 2.75) is 24.7 Å². The summed E-state index contributed by atoms with van der Waals surface area (Å²) in [5.41, 5.74) is 8.18. The number of nitrogens with two attached hydrogens (primary N) is 1. The molecule has 1 aromatic carbocycles. The number of aromatic amines is 1. The third-order valence-electron chi connectivity index (χ3n) is 3.44. The minimum atomic E-state index is 0.582. The van der Waals surface area contributed by atoms with E-state index in [2.05, 4.69) is 40.5 Å². The molecule has 3 nitrogen and oxygen atoms in total. The molecule has 0 unspecified atom stereocenters. The predicted octanol–water partition coefficient (Wildman–Crippen LogP) is 2.65. The van der Waals surface area contributed by atoms with E-state index in [0.717, 1.165) is 5.69 Å². The van der Waals surface area contributed by atoms with Crippen molar-refractivity contribution < 1.29 is 0 Å². The molecular formula is C13H15N3. The Kier molecular flexibility index (Phi) is 2.17. The van der Waals surface area contributed by atoms with Gasteiger partial charge in [-0.25, -0.2) is 0 Å². The number of benzene rings is 1. The van der Waals surface area contributed by atoms with Gasteiger partial charge >= 0.3 is 0 Å². The number of aromatic nitrogens is 2. The topological polar surface area (TPSA) is 54.7 Å². The first kappa shape index (κ1) is 9.46. The quantitative estimate of drug-likeness (QED) is 0.805. The number of nitrogens with one attached hydrogen (secondary N) is 1. The maximum Gasteiger partial charge on any atom is 0.119 e. The largest absolute Gasteiger partial charge is 0.384 e. The van der Waals surface area contributed by atoms with E-state index in [0.29, 0.717) is 17.7 Å². The van der Waals surface area contributed by atoms with Crippen LogP contribution in [0.1, 0.15) is 35.9 Å². The number of hydrogen-bond donors (Lipinski definition) is 2. The molecule has 0 spiro atoms. The van der Waals surface area contributed by atoms with Crippen molar-refractivity contribution in [1.29, 1.82) is 0 Å². The number of nitrogen functional groups attached to an aromatic ring is 1. The minimum Gasteiger partial charge on any atom is -0.384 e. The van der Waals surface area contributed by atoms with Crippen LogP contribution in [0.2, 0.25) is 0 Å². The Bertz CT molecular complexity index is 469. The Balaban J connectivity index is 1.67. The van der Waals surface area contributed by atoms with Crippen molar-refractivity contribution in [2.24, 2.45) is 0 Å². The van der Waals surface area contributed by atoms with Crippen LogP contribution in [0.4, 0.5) is 5.82 Å². The number of nitrogens with zero attached hydrogens (tertiary/aromatic N) is 1. The van der Waals surface area contributed by atoms with Crippen molar-refractivity contribution in [3.05, 3.63) is 47.7 Å². The van der Waals surface area contributed by atoms with E-state index >= 15 is 0 Å². The van der Waals surface area contributed by atoms with Gasteiger partial charge < -0.3 is 5.73 Å². The number of anilines is 1. The molecule has 0 saturated heterocycles. The summed E-state index contributed by atoms with van der Waals surface area (Å²) < 4.78 is 0. The summed E-state index contributed by atoms with van der Waals surface area (Å²) in [6.45, 7) is 0. The highest BCUT2D eigenvalue weighted by Gasteiger charge is 2.32. The van der Waals surface area contributed by atoms with Crippen LogP contribution in [-0.2, 0) is 0 Å². The van der Waals surface area contributed by atoms with E-state index in [1.54, 1.807) is 0 Å². The van der Waals surface area contributed by atoms with E-state index in [4.69, 9.17) is 5.73 Å². The molecule has 16 heavy (non-hydrogen) atoms. The Morgan fingerprint density at radius 2 is 1.88 bits per heavy atom. The third-order valence-corrected chi connectivity index (χ3v) is 3.44. The fourth-order valence-corrected chi connectivity index (χ4v) is 2.42. The normalized spacial score (nSPS) is 24.0. The molecule has 1 aliphatic rings. The SMILES string of the molecule is Nc1cc(C2CC(c3ccccc3)C2)n[nH]1. The van der Waals surface area contributed by atoms with Gasteiger partial charge in [-0.3, -0.25) is 5.10 Å². The molecule has 82 valence electrons. The Morgan fingerprint density at radius 1 is 1.12 bits per heavy atom. The molecule has 0 atom stereocenters. The lowest BCUT2D eigenvalue weighted by molar-refractivity contribution is 0.345. The molecule has 1 saturated carbocycles. The lowest BCUT2D eigenvalue weighted by Gasteiger charge is -2.34. The van der Waals surface area contributed by atoms with Crippen molar-refractivity contribution in [3.63, 3.8) is 0 Å². The summed E-state index contributed by atoms with van der Waals surface area (Å²) in [6.07, 6.45) is 2.38. The lowest BCUT2D eigenvalue weighted by atomic mass is 9.70. The van der Waals surface area contributed by atoms with E-state index in [9.17, 15) is 0 Å². The van der Waals surface area contributed by atoms with Crippen LogP contribution in [0.5, 0.6) is 0 Å². The van der Waals surface area contributed by atoms with Gasteiger partial charge in [-0.1, -0.05) is 30.3 Å². The second-order valence-corrected chi connectivity index (χ2v) is 4.52. The standard InChI is InChI=1S/C13H15N3/c14-13-8-12(15-16-13)11-6-10(7-11)9-4-2-1-3-5-9/h1-5,8,10-11H,6-7H2,(H3,14,15,16). The van der Waals surface area contributed by atoms with Gasteiger partial charge in [-0.2, -0.15) is 5.10 Å². The van der Waals surface area contributed by atoms with Gasteiger partial charge in [0.05, 0.1) is 5.69 Å². The first-order valence-electron chi connectivity index (χ1n) is 5.68. The first-order chi connectivity index (χ1) is 7.83. The zero-order valence-corrected chi connectivity index (χ0v) is 9.06. The molecule has 0 aliphatic heterocycles. The Morgan fingerprint density at radius 3 is 2.50 bits per heavy atom. The van der Waals surface area contributed by atoms with Gasteiger partial charge in [0.2, 0.25) is 0 Å². The predicted molar refractivity (Wildman–Crippen MR) is 64.2 cm³/mol. The zero-order valence-electron chi connectivity index (χ0n) is 9.06. The fraction of sp³-hybridized carbons (Fsp3) is 0.308. The second kappa shape index (κ2) is 3.67. The maximum atomic E-state index is 5.62. The average Bonchev–Trinajstić information content (AvgIpc) is 2.64. The van der Waals surface area contributed by atoms with E-state index in [1.165, 1.54) is 18.4 Å². The number of hydrogen-bond acceptors (Lipinski definition) is 2. The van der Waals surface area contributed by atoms with Crippen molar-refractivity contribution in [2.75, 3.05) is 5.73 Å². The van der Waals surface area contributed by atoms with Gasteiger partial charge in [0.25, 0.3) is 0 Å². The molecule has 2 aromatic rings. The molecule has 0 bridgehead atoms. The molecule has 3 rings (SSSR count). The van der Waals surface area contributed by atoms with Crippen LogP contribution in [0.15, 0.2) is 36.4 Å². The van der Waals surface area contributed by atoms with Crippen LogP contribution < -0.4 is 5.73 Å². The summed E-state index contributed by atoms with van der Waals surface area (Å²) >= 11 is 0. The highest BCUT2D eigenvalue weighted by molar-refractivity contribution is 5.33. The summed E-state index contributed by atoms with van der Waals surface area (Å²) in [5.74, 6) is 1.95. The van der Waals surface area contributed by atoms with Gasteiger partial charge in [-0.05, 0) is 24.3 Å². The van der Waals surface area contributed by atoms with Crippen LogP contribution in [-0.4, -0.2) is 10.2 Å². The Labute approximate surface area is 94.7 Å². The molecule has 0 amide bonds. The van der Waals surface area contributed by atoms with Crippen molar-refractivity contribution >= 4 is 5.82 Å². The summed E-state index contributed by atoms with van der Waals surface area (Å²) in [5, 5.41) is 7.02. The van der Waals surface area contributed by atoms with Gasteiger partial charge in [-0.15, -0.1) is 0 Å². The average molecular weight is 213 g/mol. The molecule has 0 radical (unpaired) electrons.